The number of fused-ring (bicyclic) bond motifs is 1. The molecule has 0 bridgehead atoms. The van der Waals surface area contributed by atoms with Gasteiger partial charge < -0.3 is 9.80 Å². The van der Waals surface area contributed by atoms with E-state index in [2.05, 4.69) is 24.3 Å². The molecular formula is C20H25N3O3. The van der Waals surface area contributed by atoms with E-state index in [1.54, 1.807) is 11.9 Å². The summed E-state index contributed by atoms with van der Waals surface area (Å²) in [5.74, 6) is 0.392. The summed E-state index contributed by atoms with van der Waals surface area (Å²) < 4.78 is 0. The van der Waals surface area contributed by atoms with Crippen molar-refractivity contribution in [2.45, 2.75) is 38.1 Å². The second kappa shape index (κ2) is 6.74. The Balaban J connectivity index is 1.40. The van der Waals surface area contributed by atoms with Gasteiger partial charge in [-0.3, -0.25) is 14.5 Å². The van der Waals surface area contributed by atoms with Gasteiger partial charge in [0.15, 0.2) is 0 Å². The summed E-state index contributed by atoms with van der Waals surface area (Å²) in [5.41, 5.74) is 2.75. The molecule has 4 rings (SSSR count). The molecule has 1 aliphatic carbocycles. The smallest absolute Gasteiger partial charge is 0.326 e. The van der Waals surface area contributed by atoms with Crippen LogP contribution in [-0.4, -0.2) is 65.3 Å². The molecule has 1 aromatic carbocycles. The first-order valence-electron chi connectivity index (χ1n) is 9.44. The summed E-state index contributed by atoms with van der Waals surface area (Å²) >= 11 is 0. The first-order chi connectivity index (χ1) is 12.5. The molecular weight excluding hydrogens is 330 g/mol. The number of hydrogen-bond acceptors (Lipinski definition) is 3. The van der Waals surface area contributed by atoms with Gasteiger partial charge in [-0.2, -0.15) is 0 Å². The molecule has 3 aliphatic rings. The molecule has 0 N–H and O–H groups in total. The molecule has 4 amide bonds. The van der Waals surface area contributed by atoms with Gasteiger partial charge in [0, 0.05) is 33.0 Å². The quantitative estimate of drug-likeness (QED) is 0.826. The number of carbonyl (C=O) groups excluding carboxylic acids is 3. The number of hydrogen-bond donors (Lipinski definition) is 0. The Hall–Kier alpha value is -2.37. The summed E-state index contributed by atoms with van der Waals surface area (Å²) in [5, 5.41) is 0. The monoisotopic (exact) mass is 355 g/mol. The van der Waals surface area contributed by atoms with Crippen LogP contribution in [0.2, 0.25) is 0 Å². The van der Waals surface area contributed by atoms with Crippen LogP contribution in [0.5, 0.6) is 0 Å². The van der Waals surface area contributed by atoms with E-state index in [0.717, 1.165) is 12.8 Å². The lowest BCUT2D eigenvalue weighted by molar-refractivity contribution is -0.133. The van der Waals surface area contributed by atoms with Crippen LogP contribution < -0.4 is 0 Å². The van der Waals surface area contributed by atoms with Crippen molar-refractivity contribution < 1.29 is 14.4 Å². The fourth-order valence-corrected chi connectivity index (χ4v) is 4.47. The third-order valence-corrected chi connectivity index (χ3v) is 6.04. The minimum absolute atomic E-state index is 0.0499. The van der Waals surface area contributed by atoms with Crippen LogP contribution in [0.3, 0.4) is 0 Å². The molecule has 2 aliphatic heterocycles. The van der Waals surface area contributed by atoms with Crippen LogP contribution in [0.4, 0.5) is 4.79 Å². The minimum Gasteiger partial charge on any atom is -0.341 e. The maximum atomic E-state index is 12.9. The van der Waals surface area contributed by atoms with Gasteiger partial charge in [0.05, 0.1) is 12.6 Å². The lowest BCUT2D eigenvalue weighted by atomic mass is 10.1. The highest BCUT2D eigenvalue weighted by Gasteiger charge is 2.38. The second-order valence-corrected chi connectivity index (χ2v) is 7.72. The zero-order valence-corrected chi connectivity index (χ0v) is 15.2. The molecule has 1 atom stereocenters. The number of benzene rings is 1. The van der Waals surface area contributed by atoms with Gasteiger partial charge in [-0.1, -0.05) is 24.3 Å². The molecule has 2 saturated heterocycles. The Labute approximate surface area is 153 Å². The molecule has 6 nitrogen and oxygen atoms in total. The van der Waals surface area contributed by atoms with Gasteiger partial charge >= 0.3 is 6.03 Å². The molecule has 0 radical (unpaired) electrons. The van der Waals surface area contributed by atoms with Gasteiger partial charge in [0.2, 0.25) is 11.8 Å². The summed E-state index contributed by atoms with van der Waals surface area (Å²) in [4.78, 5) is 41.8. The summed E-state index contributed by atoms with van der Waals surface area (Å²) in [6, 6.07) is 8.21. The first kappa shape index (κ1) is 17.1. The fourth-order valence-electron chi connectivity index (χ4n) is 4.47. The molecule has 2 heterocycles. The van der Waals surface area contributed by atoms with Gasteiger partial charge in [-0.15, -0.1) is 0 Å². The lowest BCUT2D eigenvalue weighted by Crippen LogP contribution is -2.56. The molecule has 2 fully saturated rings. The largest absolute Gasteiger partial charge is 0.341 e. The van der Waals surface area contributed by atoms with Crippen LogP contribution in [-0.2, 0) is 22.4 Å². The van der Waals surface area contributed by atoms with Crippen LogP contribution in [0.1, 0.15) is 30.4 Å². The van der Waals surface area contributed by atoms with Crippen LogP contribution >= 0.6 is 0 Å². The normalized spacial score (nSPS) is 24.0. The molecule has 6 heteroatoms. The maximum absolute atomic E-state index is 12.9. The van der Waals surface area contributed by atoms with Crippen LogP contribution in [0, 0.1) is 5.92 Å². The first-order valence-corrected chi connectivity index (χ1v) is 9.44. The van der Waals surface area contributed by atoms with Gasteiger partial charge in [0.25, 0.3) is 0 Å². The van der Waals surface area contributed by atoms with E-state index in [0.29, 0.717) is 44.8 Å². The standard InChI is InChI=1S/C20H25N3O3/c1-21-17(6-7-18(21)24)13-23-19(25)8-9-22(20(23)26)12-14-10-15-4-2-3-5-16(15)11-14/h2-5,14,17H,6-13H2,1H3. The van der Waals surface area contributed by atoms with Gasteiger partial charge in [0.1, 0.15) is 0 Å². The predicted octanol–water partition coefficient (Wildman–Crippen LogP) is 1.68. The van der Waals surface area contributed by atoms with E-state index in [9.17, 15) is 14.4 Å². The highest BCUT2D eigenvalue weighted by Crippen LogP contribution is 2.28. The van der Waals surface area contributed by atoms with Crippen molar-refractivity contribution in [2.24, 2.45) is 5.92 Å². The number of carbonyl (C=O) groups is 3. The van der Waals surface area contributed by atoms with E-state index in [4.69, 9.17) is 0 Å². The molecule has 0 aromatic heterocycles. The molecule has 1 aromatic rings. The minimum atomic E-state index is -0.190. The van der Waals surface area contributed by atoms with E-state index < -0.39 is 0 Å². The van der Waals surface area contributed by atoms with E-state index >= 15 is 0 Å². The number of likely N-dealkylation sites (tertiary alicyclic amines) is 1. The second-order valence-electron chi connectivity index (χ2n) is 7.72. The van der Waals surface area contributed by atoms with Crippen molar-refractivity contribution >= 4 is 17.8 Å². The maximum Gasteiger partial charge on any atom is 0.326 e. The van der Waals surface area contributed by atoms with Crippen molar-refractivity contribution in [1.29, 1.82) is 0 Å². The number of rotatable bonds is 4. The Morgan fingerprint density at radius 1 is 0.962 bits per heavy atom. The molecule has 0 spiro atoms. The molecule has 26 heavy (non-hydrogen) atoms. The fraction of sp³-hybridized carbons (Fsp3) is 0.550. The van der Waals surface area contributed by atoms with Crippen molar-refractivity contribution in [1.82, 2.24) is 14.7 Å². The van der Waals surface area contributed by atoms with E-state index in [1.807, 2.05) is 4.90 Å². The van der Waals surface area contributed by atoms with Crippen molar-refractivity contribution in [3.63, 3.8) is 0 Å². The van der Waals surface area contributed by atoms with Crippen molar-refractivity contribution in [3.8, 4) is 0 Å². The number of nitrogens with zero attached hydrogens (tertiary/aromatic N) is 3. The lowest BCUT2D eigenvalue weighted by Gasteiger charge is -2.37. The van der Waals surface area contributed by atoms with Gasteiger partial charge in [-0.05, 0) is 36.3 Å². The highest BCUT2D eigenvalue weighted by atomic mass is 16.2. The highest BCUT2D eigenvalue weighted by molar-refractivity contribution is 5.97. The van der Waals surface area contributed by atoms with E-state index in [1.165, 1.54) is 16.0 Å². The Kier molecular flexibility index (Phi) is 4.42. The average Bonchev–Trinajstić information content (AvgIpc) is 3.18. The van der Waals surface area contributed by atoms with Crippen LogP contribution in [0.25, 0.3) is 0 Å². The average molecular weight is 355 g/mol. The number of likely N-dealkylation sites (N-methyl/N-ethyl adjacent to an activating group) is 1. The van der Waals surface area contributed by atoms with E-state index in [-0.39, 0.29) is 23.9 Å². The number of urea groups is 1. The number of imide groups is 1. The third kappa shape index (κ3) is 3.08. The Bertz CT molecular complexity index is 723. The zero-order chi connectivity index (χ0) is 18.3. The Morgan fingerprint density at radius 2 is 1.65 bits per heavy atom. The SMILES string of the molecule is CN1C(=O)CCC1CN1C(=O)CCN(CC2Cc3ccccc3C2)C1=O. The topological polar surface area (TPSA) is 60.9 Å². The molecule has 0 saturated carbocycles. The van der Waals surface area contributed by atoms with Crippen molar-refractivity contribution in [3.05, 3.63) is 35.4 Å². The Morgan fingerprint density at radius 3 is 2.27 bits per heavy atom. The molecule has 138 valence electrons. The van der Waals surface area contributed by atoms with Gasteiger partial charge in [-0.25, -0.2) is 4.79 Å². The number of amides is 4. The summed E-state index contributed by atoms with van der Waals surface area (Å²) in [6.07, 6.45) is 3.57. The summed E-state index contributed by atoms with van der Waals surface area (Å²) in [7, 11) is 1.76. The summed E-state index contributed by atoms with van der Waals surface area (Å²) in [6.45, 7) is 1.51. The zero-order valence-electron chi connectivity index (χ0n) is 15.2. The third-order valence-electron chi connectivity index (χ3n) is 6.04. The van der Waals surface area contributed by atoms with Crippen LogP contribution in [0.15, 0.2) is 24.3 Å². The van der Waals surface area contributed by atoms with Crippen molar-refractivity contribution in [2.75, 3.05) is 26.7 Å². The molecule has 1 unspecified atom stereocenters. The predicted molar refractivity (Wildman–Crippen MR) is 96.4 cm³/mol.